The molecule has 0 spiro atoms. The summed E-state index contributed by atoms with van der Waals surface area (Å²) in [5.74, 6) is 0. The van der Waals surface area contributed by atoms with Gasteiger partial charge in [-0.25, -0.2) is 9.59 Å². The van der Waals surface area contributed by atoms with Gasteiger partial charge in [0.1, 0.15) is 5.60 Å². The van der Waals surface area contributed by atoms with E-state index in [1.54, 1.807) is 32.9 Å². The molecule has 148 valence electrons. The summed E-state index contributed by atoms with van der Waals surface area (Å²) in [4.78, 5) is 37.2. The Morgan fingerprint density at radius 3 is 2.48 bits per heavy atom. The van der Waals surface area contributed by atoms with Crippen LogP contribution in [0.3, 0.4) is 0 Å². The highest BCUT2D eigenvalue weighted by atomic mass is 16.6. The van der Waals surface area contributed by atoms with Gasteiger partial charge in [0, 0.05) is 31.8 Å². The van der Waals surface area contributed by atoms with E-state index in [9.17, 15) is 24.8 Å². The van der Waals surface area contributed by atoms with E-state index >= 15 is 0 Å². The van der Waals surface area contributed by atoms with Crippen molar-refractivity contribution in [3.05, 3.63) is 39.9 Å². The fraction of sp³-hybridized carbons (Fsp3) is 0.556. The first-order valence-corrected chi connectivity index (χ1v) is 8.77. The highest BCUT2D eigenvalue weighted by Gasteiger charge is 2.33. The SMILES string of the molecule is CC(C)(C)OC(=O)N(Cc1ccc([N+](=O)[O-])cc1)C1CCCN(C(=O)O)C1. The third-order valence-electron chi connectivity index (χ3n) is 4.24. The second-order valence-corrected chi connectivity index (χ2v) is 7.56. The lowest BCUT2D eigenvalue weighted by molar-refractivity contribution is -0.384. The van der Waals surface area contributed by atoms with Crippen LogP contribution in [0.5, 0.6) is 0 Å². The Hall–Kier alpha value is -2.84. The van der Waals surface area contributed by atoms with E-state index < -0.39 is 22.7 Å². The largest absolute Gasteiger partial charge is 0.465 e. The minimum absolute atomic E-state index is 0.0303. The van der Waals surface area contributed by atoms with Crippen molar-refractivity contribution >= 4 is 17.9 Å². The van der Waals surface area contributed by atoms with Crippen LogP contribution in [-0.2, 0) is 11.3 Å². The highest BCUT2D eigenvalue weighted by Crippen LogP contribution is 2.22. The maximum absolute atomic E-state index is 12.7. The Labute approximate surface area is 157 Å². The molecule has 1 aromatic rings. The first kappa shape index (κ1) is 20.5. The first-order chi connectivity index (χ1) is 12.6. The molecule has 9 heteroatoms. The van der Waals surface area contributed by atoms with Gasteiger partial charge in [0.25, 0.3) is 5.69 Å². The average Bonchev–Trinajstić information content (AvgIpc) is 2.58. The summed E-state index contributed by atoms with van der Waals surface area (Å²) in [6.45, 7) is 6.12. The Balaban J connectivity index is 2.22. The summed E-state index contributed by atoms with van der Waals surface area (Å²) < 4.78 is 5.50. The van der Waals surface area contributed by atoms with Gasteiger partial charge in [-0.15, -0.1) is 0 Å². The summed E-state index contributed by atoms with van der Waals surface area (Å²) in [7, 11) is 0. The van der Waals surface area contributed by atoms with Gasteiger partial charge in [0.2, 0.25) is 0 Å². The van der Waals surface area contributed by atoms with Crippen LogP contribution in [0.15, 0.2) is 24.3 Å². The fourth-order valence-electron chi connectivity index (χ4n) is 2.97. The van der Waals surface area contributed by atoms with E-state index in [1.807, 2.05) is 0 Å². The fourth-order valence-corrected chi connectivity index (χ4v) is 2.97. The lowest BCUT2D eigenvalue weighted by atomic mass is 10.0. The molecule has 2 rings (SSSR count). The zero-order valence-corrected chi connectivity index (χ0v) is 15.8. The minimum Gasteiger partial charge on any atom is -0.465 e. The van der Waals surface area contributed by atoms with E-state index in [-0.39, 0.29) is 24.8 Å². The Kier molecular flexibility index (Phi) is 6.24. The van der Waals surface area contributed by atoms with Crippen molar-refractivity contribution < 1.29 is 24.4 Å². The number of hydrogen-bond donors (Lipinski definition) is 1. The van der Waals surface area contributed by atoms with Crippen LogP contribution < -0.4 is 0 Å². The summed E-state index contributed by atoms with van der Waals surface area (Å²) in [5.41, 5.74) is -0.0115. The molecule has 1 aliphatic rings. The Bertz CT molecular complexity index is 698. The molecule has 1 saturated heterocycles. The number of hydrogen-bond acceptors (Lipinski definition) is 5. The second kappa shape index (κ2) is 8.24. The number of carbonyl (C=O) groups excluding carboxylic acids is 1. The van der Waals surface area contributed by atoms with Gasteiger partial charge in [0.15, 0.2) is 0 Å². The van der Waals surface area contributed by atoms with E-state index in [0.717, 1.165) is 0 Å². The van der Waals surface area contributed by atoms with E-state index in [1.165, 1.54) is 21.9 Å². The summed E-state index contributed by atoms with van der Waals surface area (Å²) in [5, 5.41) is 20.1. The maximum Gasteiger partial charge on any atom is 0.410 e. The molecule has 0 saturated carbocycles. The van der Waals surface area contributed by atoms with E-state index in [0.29, 0.717) is 24.9 Å². The van der Waals surface area contributed by atoms with Gasteiger partial charge >= 0.3 is 12.2 Å². The number of likely N-dealkylation sites (tertiary alicyclic amines) is 1. The second-order valence-electron chi connectivity index (χ2n) is 7.56. The lowest BCUT2D eigenvalue weighted by Gasteiger charge is -2.38. The molecule has 1 fully saturated rings. The number of nitrogens with zero attached hydrogens (tertiary/aromatic N) is 3. The van der Waals surface area contributed by atoms with Gasteiger partial charge in [-0.3, -0.25) is 15.0 Å². The van der Waals surface area contributed by atoms with E-state index in [4.69, 9.17) is 4.74 Å². The molecule has 27 heavy (non-hydrogen) atoms. The number of nitro groups is 1. The molecule has 2 amide bonds. The third kappa shape index (κ3) is 5.83. The smallest absolute Gasteiger partial charge is 0.410 e. The normalized spacial score (nSPS) is 17.3. The zero-order chi connectivity index (χ0) is 20.2. The Morgan fingerprint density at radius 1 is 1.33 bits per heavy atom. The number of non-ortho nitro benzene ring substituents is 1. The number of nitro benzene ring substituents is 1. The van der Waals surface area contributed by atoms with Crippen LogP contribution in [0.25, 0.3) is 0 Å². The molecular weight excluding hydrogens is 354 g/mol. The highest BCUT2D eigenvalue weighted by molar-refractivity contribution is 5.69. The first-order valence-electron chi connectivity index (χ1n) is 8.77. The predicted octanol–water partition coefficient (Wildman–Crippen LogP) is 3.47. The van der Waals surface area contributed by atoms with Crippen LogP contribution in [-0.4, -0.2) is 56.7 Å². The molecule has 1 aromatic carbocycles. The predicted molar refractivity (Wildman–Crippen MR) is 97.5 cm³/mol. The van der Waals surface area contributed by atoms with Gasteiger partial charge in [-0.2, -0.15) is 0 Å². The number of ether oxygens (including phenoxy) is 1. The molecule has 1 atom stereocenters. The molecule has 0 bridgehead atoms. The van der Waals surface area contributed by atoms with Crippen molar-refractivity contribution in [1.82, 2.24) is 9.80 Å². The third-order valence-corrected chi connectivity index (χ3v) is 4.24. The number of amides is 2. The van der Waals surface area contributed by atoms with Crippen LogP contribution in [0.2, 0.25) is 0 Å². The van der Waals surface area contributed by atoms with Crippen LogP contribution in [0.1, 0.15) is 39.2 Å². The van der Waals surface area contributed by atoms with Crippen molar-refractivity contribution in [2.45, 2.75) is 51.8 Å². The van der Waals surface area contributed by atoms with Crippen molar-refractivity contribution in [3.63, 3.8) is 0 Å². The standard InChI is InChI=1S/C18H25N3O6/c1-18(2,3)27-17(24)20(15-5-4-10-19(12-15)16(22)23)11-13-6-8-14(9-7-13)21(25)26/h6-9,15H,4-5,10-12H2,1-3H3,(H,22,23). The number of piperidine rings is 1. The molecule has 1 heterocycles. The van der Waals surface area contributed by atoms with Crippen molar-refractivity contribution in [3.8, 4) is 0 Å². The molecule has 0 aliphatic carbocycles. The summed E-state index contributed by atoms with van der Waals surface area (Å²) in [6.07, 6.45) is -0.232. The quantitative estimate of drug-likeness (QED) is 0.633. The zero-order valence-electron chi connectivity index (χ0n) is 15.8. The number of carbonyl (C=O) groups is 2. The number of carboxylic acid groups (broad SMARTS) is 1. The maximum atomic E-state index is 12.7. The lowest BCUT2D eigenvalue weighted by Crippen LogP contribution is -2.52. The van der Waals surface area contributed by atoms with Crippen molar-refractivity contribution in [2.75, 3.05) is 13.1 Å². The monoisotopic (exact) mass is 379 g/mol. The molecular formula is C18H25N3O6. The molecule has 1 unspecified atom stereocenters. The van der Waals surface area contributed by atoms with Crippen LogP contribution in [0.4, 0.5) is 15.3 Å². The van der Waals surface area contributed by atoms with Gasteiger partial charge < -0.3 is 14.7 Å². The molecule has 1 N–H and O–H groups in total. The molecule has 9 nitrogen and oxygen atoms in total. The minimum atomic E-state index is -1.01. The van der Waals surface area contributed by atoms with E-state index in [2.05, 4.69) is 0 Å². The van der Waals surface area contributed by atoms with Gasteiger partial charge in [0.05, 0.1) is 11.0 Å². The van der Waals surface area contributed by atoms with Crippen molar-refractivity contribution in [1.29, 1.82) is 0 Å². The Morgan fingerprint density at radius 2 is 1.96 bits per heavy atom. The van der Waals surface area contributed by atoms with Gasteiger partial charge in [-0.05, 0) is 39.2 Å². The number of benzene rings is 1. The van der Waals surface area contributed by atoms with Crippen LogP contribution >= 0.6 is 0 Å². The molecule has 1 aliphatic heterocycles. The molecule has 0 radical (unpaired) electrons. The summed E-state index contributed by atoms with van der Waals surface area (Å²) in [6, 6.07) is 5.63. The van der Waals surface area contributed by atoms with Crippen molar-refractivity contribution in [2.24, 2.45) is 0 Å². The molecule has 0 aromatic heterocycles. The topological polar surface area (TPSA) is 113 Å². The summed E-state index contributed by atoms with van der Waals surface area (Å²) >= 11 is 0. The van der Waals surface area contributed by atoms with Gasteiger partial charge in [-0.1, -0.05) is 12.1 Å². The number of rotatable bonds is 4. The van der Waals surface area contributed by atoms with Crippen LogP contribution in [0, 0.1) is 10.1 Å². The average molecular weight is 379 g/mol.